The van der Waals surface area contributed by atoms with Gasteiger partial charge in [0.1, 0.15) is 11.5 Å². The Morgan fingerprint density at radius 3 is 2.32 bits per heavy atom. The molecule has 1 N–H and O–H groups in total. The topological polar surface area (TPSA) is 47.9 Å². The molecule has 22 heavy (non-hydrogen) atoms. The highest BCUT2D eigenvalue weighted by atomic mass is 16.5. The Bertz CT molecular complexity index is 568. The molecule has 0 aromatic heterocycles. The first-order chi connectivity index (χ1) is 10.8. The van der Waals surface area contributed by atoms with Gasteiger partial charge >= 0.3 is 0 Å². The molecule has 2 aromatic carbocycles. The van der Waals surface area contributed by atoms with Gasteiger partial charge in [0, 0.05) is 32.8 Å². The Labute approximate surface area is 131 Å². The molecule has 4 heteroatoms. The smallest absolute Gasteiger partial charge is 0.119 e. The summed E-state index contributed by atoms with van der Waals surface area (Å²) in [6.07, 6.45) is 1.80. The summed E-state index contributed by atoms with van der Waals surface area (Å²) in [7, 11) is 0. The molecule has 0 bridgehead atoms. The Hall–Kier alpha value is -1.78. The highest BCUT2D eigenvalue weighted by Gasteiger charge is 1.99. The summed E-state index contributed by atoms with van der Waals surface area (Å²) in [6, 6.07) is 11.2. The van der Waals surface area contributed by atoms with Crippen LogP contribution in [0.4, 0.5) is 0 Å². The number of hydrogen-bond acceptors (Lipinski definition) is 4. The summed E-state index contributed by atoms with van der Waals surface area (Å²) in [5, 5.41) is 11.5. The summed E-state index contributed by atoms with van der Waals surface area (Å²) in [5.41, 5.74) is 0. The van der Waals surface area contributed by atoms with E-state index in [-0.39, 0.29) is 5.75 Å². The monoisotopic (exact) mass is 304 g/mol. The summed E-state index contributed by atoms with van der Waals surface area (Å²) in [6.45, 7) is 5.59. The summed E-state index contributed by atoms with van der Waals surface area (Å²) >= 11 is 0. The van der Waals surface area contributed by atoms with Crippen LogP contribution in [-0.2, 0) is 9.47 Å². The summed E-state index contributed by atoms with van der Waals surface area (Å²) in [4.78, 5) is 0. The van der Waals surface area contributed by atoms with Gasteiger partial charge in [-0.3, -0.25) is 0 Å². The second-order valence-electron chi connectivity index (χ2n) is 5.06. The van der Waals surface area contributed by atoms with Crippen LogP contribution in [0, 0.1) is 0 Å². The van der Waals surface area contributed by atoms with Gasteiger partial charge in [-0.2, -0.15) is 0 Å². The lowest BCUT2D eigenvalue weighted by molar-refractivity contribution is 0.0819. The zero-order chi connectivity index (χ0) is 15.6. The van der Waals surface area contributed by atoms with E-state index in [0.717, 1.165) is 49.2 Å². The zero-order valence-corrected chi connectivity index (χ0v) is 13.1. The number of phenols is 1. The van der Waals surface area contributed by atoms with Gasteiger partial charge in [0.15, 0.2) is 0 Å². The molecule has 0 amide bonds. The number of phenolic OH excluding ortho intramolecular Hbond substituents is 1. The second kappa shape index (κ2) is 9.28. The van der Waals surface area contributed by atoms with Crippen LogP contribution >= 0.6 is 0 Å². The fourth-order valence-electron chi connectivity index (χ4n) is 2.16. The molecule has 0 saturated carbocycles. The maximum atomic E-state index is 9.44. The predicted molar refractivity (Wildman–Crippen MR) is 87.7 cm³/mol. The van der Waals surface area contributed by atoms with E-state index in [4.69, 9.17) is 14.2 Å². The minimum Gasteiger partial charge on any atom is -0.508 e. The van der Waals surface area contributed by atoms with Crippen LogP contribution in [0.1, 0.15) is 19.8 Å². The third-order valence-electron chi connectivity index (χ3n) is 3.28. The van der Waals surface area contributed by atoms with Gasteiger partial charge in [-0.1, -0.05) is 12.1 Å². The van der Waals surface area contributed by atoms with E-state index in [1.54, 1.807) is 12.1 Å². The highest BCUT2D eigenvalue weighted by Crippen LogP contribution is 2.24. The van der Waals surface area contributed by atoms with E-state index in [0.29, 0.717) is 13.2 Å². The highest BCUT2D eigenvalue weighted by molar-refractivity contribution is 5.85. The lowest BCUT2D eigenvalue weighted by atomic mass is 10.1. The molecule has 2 aromatic rings. The molecule has 4 nitrogen and oxygen atoms in total. The van der Waals surface area contributed by atoms with Crippen molar-refractivity contribution in [1.82, 2.24) is 0 Å². The molecule has 0 fully saturated rings. The number of ether oxygens (including phenoxy) is 3. The van der Waals surface area contributed by atoms with Crippen LogP contribution in [0.15, 0.2) is 36.4 Å². The number of hydrogen-bond donors (Lipinski definition) is 1. The first-order valence-electron chi connectivity index (χ1n) is 7.80. The standard InChI is InChI=1S/C18H24O4/c1-2-20-9-3-10-21-11-4-12-22-18-8-6-15-13-17(19)7-5-16(15)14-18/h5-8,13-14,19H,2-4,9-12H2,1H3. The van der Waals surface area contributed by atoms with E-state index in [2.05, 4.69) is 0 Å². The summed E-state index contributed by atoms with van der Waals surface area (Å²) < 4.78 is 16.5. The van der Waals surface area contributed by atoms with Crippen molar-refractivity contribution < 1.29 is 19.3 Å². The molecule has 0 spiro atoms. The Kier molecular flexibility index (Phi) is 7.00. The van der Waals surface area contributed by atoms with Crippen LogP contribution in [0.3, 0.4) is 0 Å². The third-order valence-corrected chi connectivity index (χ3v) is 3.28. The van der Waals surface area contributed by atoms with Crippen molar-refractivity contribution in [3.05, 3.63) is 36.4 Å². The third kappa shape index (κ3) is 5.54. The average Bonchev–Trinajstić information content (AvgIpc) is 2.53. The van der Waals surface area contributed by atoms with Crippen molar-refractivity contribution in [2.45, 2.75) is 19.8 Å². The Morgan fingerprint density at radius 2 is 1.50 bits per heavy atom. The molecule has 0 saturated heterocycles. The summed E-state index contributed by atoms with van der Waals surface area (Å²) in [5.74, 6) is 1.12. The minimum atomic E-state index is 0.280. The number of benzene rings is 2. The molecule has 0 aliphatic rings. The largest absolute Gasteiger partial charge is 0.508 e. The van der Waals surface area contributed by atoms with E-state index < -0.39 is 0 Å². The molecule has 0 atom stereocenters. The fourth-order valence-corrected chi connectivity index (χ4v) is 2.16. The van der Waals surface area contributed by atoms with Gasteiger partial charge in [-0.25, -0.2) is 0 Å². The molecule has 0 aliphatic carbocycles. The van der Waals surface area contributed by atoms with E-state index in [1.165, 1.54) is 0 Å². The first kappa shape index (κ1) is 16.6. The number of aromatic hydroxyl groups is 1. The lowest BCUT2D eigenvalue weighted by Gasteiger charge is -2.08. The van der Waals surface area contributed by atoms with E-state index in [1.807, 2.05) is 31.2 Å². The zero-order valence-electron chi connectivity index (χ0n) is 13.1. The van der Waals surface area contributed by atoms with E-state index >= 15 is 0 Å². The van der Waals surface area contributed by atoms with Gasteiger partial charge in [0.25, 0.3) is 0 Å². The predicted octanol–water partition coefficient (Wildman–Crippen LogP) is 3.76. The minimum absolute atomic E-state index is 0.280. The lowest BCUT2D eigenvalue weighted by Crippen LogP contribution is -2.05. The quantitative estimate of drug-likeness (QED) is 0.679. The van der Waals surface area contributed by atoms with Gasteiger partial charge in [-0.15, -0.1) is 0 Å². The average molecular weight is 304 g/mol. The maximum Gasteiger partial charge on any atom is 0.119 e. The van der Waals surface area contributed by atoms with Crippen molar-refractivity contribution in [2.24, 2.45) is 0 Å². The van der Waals surface area contributed by atoms with Gasteiger partial charge in [-0.05, 0) is 48.4 Å². The van der Waals surface area contributed by atoms with Crippen LogP contribution in [0.25, 0.3) is 10.8 Å². The molecule has 2 rings (SSSR count). The Balaban J connectivity index is 1.64. The number of fused-ring (bicyclic) bond motifs is 1. The molecular formula is C18H24O4. The number of rotatable bonds is 10. The fraction of sp³-hybridized carbons (Fsp3) is 0.444. The normalized spacial score (nSPS) is 11.0. The first-order valence-corrected chi connectivity index (χ1v) is 7.80. The van der Waals surface area contributed by atoms with Crippen LogP contribution in [0.5, 0.6) is 11.5 Å². The molecule has 0 aliphatic heterocycles. The van der Waals surface area contributed by atoms with E-state index in [9.17, 15) is 5.11 Å². The molecule has 0 radical (unpaired) electrons. The van der Waals surface area contributed by atoms with Gasteiger partial charge < -0.3 is 19.3 Å². The molecular weight excluding hydrogens is 280 g/mol. The van der Waals surface area contributed by atoms with Crippen molar-refractivity contribution in [3.63, 3.8) is 0 Å². The van der Waals surface area contributed by atoms with Gasteiger partial charge in [0.2, 0.25) is 0 Å². The molecule has 0 heterocycles. The van der Waals surface area contributed by atoms with Crippen molar-refractivity contribution in [2.75, 3.05) is 33.0 Å². The van der Waals surface area contributed by atoms with Crippen molar-refractivity contribution in [3.8, 4) is 11.5 Å². The maximum absolute atomic E-state index is 9.44. The van der Waals surface area contributed by atoms with Crippen LogP contribution < -0.4 is 4.74 Å². The van der Waals surface area contributed by atoms with Crippen molar-refractivity contribution in [1.29, 1.82) is 0 Å². The SMILES string of the molecule is CCOCCCOCCCOc1ccc2cc(O)ccc2c1. The Morgan fingerprint density at radius 1 is 0.818 bits per heavy atom. The van der Waals surface area contributed by atoms with Crippen molar-refractivity contribution >= 4 is 10.8 Å². The molecule has 120 valence electrons. The second-order valence-corrected chi connectivity index (χ2v) is 5.06. The van der Waals surface area contributed by atoms with Gasteiger partial charge in [0.05, 0.1) is 6.61 Å². The van der Waals surface area contributed by atoms with Crippen LogP contribution in [0.2, 0.25) is 0 Å². The van der Waals surface area contributed by atoms with Crippen LogP contribution in [-0.4, -0.2) is 38.1 Å². The molecule has 0 unspecified atom stereocenters.